The van der Waals surface area contributed by atoms with Crippen LogP contribution in [0.2, 0.25) is 0 Å². The van der Waals surface area contributed by atoms with Gasteiger partial charge in [0.05, 0.1) is 6.10 Å². The molecular weight excluding hydrogens is 214 g/mol. The molecule has 1 N–H and O–H groups in total. The van der Waals surface area contributed by atoms with Crippen LogP contribution in [0.25, 0.3) is 0 Å². The molecular formula is C14H23NO2. The van der Waals surface area contributed by atoms with E-state index in [-0.39, 0.29) is 6.10 Å². The molecule has 1 aromatic carbocycles. The number of nitrogens with zero attached hydrogens (tertiary/aromatic N) is 1. The fourth-order valence-corrected chi connectivity index (χ4v) is 1.78. The molecule has 1 aromatic rings. The Balaban J connectivity index is 2.21. The summed E-state index contributed by atoms with van der Waals surface area (Å²) in [6.07, 6.45) is 1.45. The van der Waals surface area contributed by atoms with Crippen LogP contribution in [0.5, 0.6) is 0 Å². The smallest absolute Gasteiger partial charge is 0.0802 e. The monoisotopic (exact) mass is 237 g/mol. The predicted molar refractivity (Wildman–Crippen MR) is 70.0 cm³/mol. The van der Waals surface area contributed by atoms with E-state index in [2.05, 4.69) is 11.9 Å². The summed E-state index contributed by atoms with van der Waals surface area (Å²) in [7, 11) is 3.80. The summed E-state index contributed by atoms with van der Waals surface area (Å²) in [5, 5.41) is 9.99. The van der Waals surface area contributed by atoms with Crippen LogP contribution < -0.4 is 0 Å². The summed E-state index contributed by atoms with van der Waals surface area (Å²) in [6, 6.07) is 9.82. The van der Waals surface area contributed by atoms with Gasteiger partial charge in [0.25, 0.3) is 0 Å². The minimum atomic E-state index is -0.360. The molecule has 0 aliphatic carbocycles. The lowest BCUT2D eigenvalue weighted by atomic mass is 10.1. The van der Waals surface area contributed by atoms with Gasteiger partial charge in [-0.2, -0.15) is 0 Å². The fraction of sp³-hybridized carbons (Fsp3) is 0.571. The van der Waals surface area contributed by atoms with E-state index in [1.807, 2.05) is 30.3 Å². The Morgan fingerprint density at radius 2 is 1.94 bits per heavy atom. The van der Waals surface area contributed by atoms with Crippen molar-refractivity contribution in [1.29, 1.82) is 0 Å². The molecule has 3 heteroatoms. The molecule has 0 radical (unpaired) electrons. The van der Waals surface area contributed by atoms with Crippen LogP contribution in [0.4, 0.5) is 0 Å². The van der Waals surface area contributed by atoms with Gasteiger partial charge in [0, 0.05) is 26.8 Å². The van der Waals surface area contributed by atoms with Crippen molar-refractivity contribution >= 4 is 0 Å². The highest BCUT2D eigenvalue weighted by Gasteiger charge is 2.08. The second-order valence-electron chi connectivity index (χ2n) is 4.36. The summed E-state index contributed by atoms with van der Waals surface area (Å²) < 4.78 is 5.01. The average molecular weight is 237 g/mol. The first-order valence-electron chi connectivity index (χ1n) is 6.14. The predicted octanol–water partition coefficient (Wildman–Crippen LogP) is 2.08. The molecule has 3 nitrogen and oxygen atoms in total. The van der Waals surface area contributed by atoms with Gasteiger partial charge in [-0.1, -0.05) is 30.3 Å². The summed E-state index contributed by atoms with van der Waals surface area (Å²) in [5.74, 6) is 0. The van der Waals surface area contributed by atoms with Gasteiger partial charge >= 0.3 is 0 Å². The Morgan fingerprint density at radius 1 is 1.24 bits per heavy atom. The molecule has 0 aliphatic rings. The van der Waals surface area contributed by atoms with Crippen molar-refractivity contribution in [1.82, 2.24) is 4.90 Å². The molecule has 0 bridgehead atoms. The van der Waals surface area contributed by atoms with Crippen LogP contribution in [0, 0.1) is 0 Å². The summed E-state index contributed by atoms with van der Waals surface area (Å²) in [4.78, 5) is 2.23. The summed E-state index contributed by atoms with van der Waals surface area (Å²) in [6.45, 7) is 2.71. The van der Waals surface area contributed by atoms with Crippen LogP contribution in [0.3, 0.4) is 0 Å². The lowest BCUT2D eigenvalue weighted by Gasteiger charge is -2.18. The minimum absolute atomic E-state index is 0.360. The number of ether oxygens (including phenoxy) is 1. The number of aliphatic hydroxyl groups excluding tert-OH is 1. The fourth-order valence-electron chi connectivity index (χ4n) is 1.78. The quantitative estimate of drug-likeness (QED) is 0.703. The van der Waals surface area contributed by atoms with Crippen molar-refractivity contribution in [2.45, 2.75) is 18.9 Å². The van der Waals surface area contributed by atoms with Gasteiger partial charge in [0.1, 0.15) is 0 Å². The van der Waals surface area contributed by atoms with E-state index in [1.54, 1.807) is 7.11 Å². The molecule has 1 atom stereocenters. The van der Waals surface area contributed by atoms with Gasteiger partial charge in [-0.3, -0.25) is 0 Å². The van der Waals surface area contributed by atoms with Gasteiger partial charge in [-0.25, -0.2) is 0 Å². The maximum Gasteiger partial charge on any atom is 0.0802 e. The standard InChI is InChI=1S/C14H23NO2/c1-15(10-6-12-17-2)11-9-14(16)13-7-4-3-5-8-13/h3-5,7-8,14,16H,6,9-12H2,1-2H3. The molecule has 0 aromatic heterocycles. The lowest BCUT2D eigenvalue weighted by Crippen LogP contribution is -2.23. The number of aliphatic hydroxyl groups is 1. The molecule has 0 heterocycles. The molecule has 0 aliphatic heterocycles. The van der Waals surface area contributed by atoms with Gasteiger partial charge in [-0.05, 0) is 25.5 Å². The van der Waals surface area contributed by atoms with Gasteiger partial charge in [-0.15, -0.1) is 0 Å². The molecule has 17 heavy (non-hydrogen) atoms. The van der Waals surface area contributed by atoms with Crippen molar-refractivity contribution in [3.05, 3.63) is 35.9 Å². The maximum atomic E-state index is 9.99. The molecule has 0 spiro atoms. The van der Waals surface area contributed by atoms with Crippen LogP contribution in [-0.2, 0) is 4.74 Å². The van der Waals surface area contributed by atoms with Crippen molar-refractivity contribution in [3.63, 3.8) is 0 Å². The summed E-state index contributed by atoms with van der Waals surface area (Å²) in [5.41, 5.74) is 0.998. The van der Waals surface area contributed by atoms with E-state index >= 15 is 0 Å². The summed E-state index contributed by atoms with van der Waals surface area (Å²) >= 11 is 0. The normalized spacial score (nSPS) is 12.9. The van der Waals surface area contributed by atoms with Crippen LogP contribution in [0.1, 0.15) is 24.5 Å². The first-order chi connectivity index (χ1) is 8.24. The first kappa shape index (κ1) is 14.2. The van der Waals surface area contributed by atoms with E-state index in [0.29, 0.717) is 0 Å². The number of hydrogen-bond acceptors (Lipinski definition) is 3. The number of methoxy groups -OCH3 is 1. The van der Waals surface area contributed by atoms with E-state index in [4.69, 9.17) is 4.74 Å². The van der Waals surface area contributed by atoms with Gasteiger partial charge in [0.2, 0.25) is 0 Å². The first-order valence-corrected chi connectivity index (χ1v) is 6.14. The second-order valence-corrected chi connectivity index (χ2v) is 4.36. The molecule has 0 saturated carbocycles. The molecule has 0 saturated heterocycles. The van der Waals surface area contributed by atoms with Crippen LogP contribution >= 0.6 is 0 Å². The number of rotatable bonds is 8. The van der Waals surface area contributed by atoms with Crippen molar-refractivity contribution in [2.24, 2.45) is 0 Å². The SMILES string of the molecule is COCCCN(C)CCC(O)c1ccccc1. The zero-order valence-corrected chi connectivity index (χ0v) is 10.8. The molecule has 0 amide bonds. The van der Waals surface area contributed by atoms with Crippen molar-refractivity contribution in [2.75, 3.05) is 33.9 Å². The van der Waals surface area contributed by atoms with E-state index in [0.717, 1.165) is 38.1 Å². The third-order valence-corrected chi connectivity index (χ3v) is 2.86. The second kappa shape index (κ2) is 8.23. The number of benzene rings is 1. The Hall–Kier alpha value is -0.900. The number of hydrogen-bond donors (Lipinski definition) is 1. The Morgan fingerprint density at radius 3 is 2.59 bits per heavy atom. The molecule has 1 rings (SSSR count). The van der Waals surface area contributed by atoms with Crippen molar-refractivity contribution in [3.8, 4) is 0 Å². The Kier molecular flexibility index (Phi) is 6.86. The minimum Gasteiger partial charge on any atom is -0.388 e. The van der Waals surface area contributed by atoms with Gasteiger partial charge in [0.15, 0.2) is 0 Å². The maximum absolute atomic E-state index is 9.99. The largest absolute Gasteiger partial charge is 0.388 e. The third-order valence-electron chi connectivity index (χ3n) is 2.86. The van der Waals surface area contributed by atoms with E-state index in [1.165, 1.54) is 0 Å². The zero-order valence-electron chi connectivity index (χ0n) is 10.8. The van der Waals surface area contributed by atoms with Gasteiger partial charge < -0.3 is 14.7 Å². The molecule has 0 fully saturated rings. The topological polar surface area (TPSA) is 32.7 Å². The van der Waals surface area contributed by atoms with E-state index in [9.17, 15) is 5.11 Å². The third kappa shape index (κ3) is 5.82. The van der Waals surface area contributed by atoms with E-state index < -0.39 is 0 Å². The molecule has 96 valence electrons. The molecule has 1 unspecified atom stereocenters. The highest BCUT2D eigenvalue weighted by Crippen LogP contribution is 2.15. The van der Waals surface area contributed by atoms with Crippen LogP contribution in [0.15, 0.2) is 30.3 Å². The van der Waals surface area contributed by atoms with Crippen LogP contribution in [-0.4, -0.2) is 43.9 Å². The Labute approximate surface area is 104 Å². The lowest BCUT2D eigenvalue weighted by molar-refractivity contribution is 0.141. The average Bonchev–Trinajstić information content (AvgIpc) is 2.37. The highest BCUT2D eigenvalue weighted by molar-refractivity contribution is 5.17. The van der Waals surface area contributed by atoms with Crippen molar-refractivity contribution < 1.29 is 9.84 Å². The highest BCUT2D eigenvalue weighted by atomic mass is 16.5. The Bertz CT molecular complexity index is 290. The zero-order chi connectivity index (χ0) is 12.5.